The predicted molar refractivity (Wildman–Crippen MR) is 226 cm³/mol. The number of nitrogens with zero attached hydrogens (tertiary/aromatic N) is 4. The van der Waals surface area contributed by atoms with Crippen molar-refractivity contribution in [1.29, 1.82) is 0 Å². The molecule has 0 aliphatic carbocycles. The number of phenols is 1. The molecule has 4 aromatic carbocycles. The zero-order valence-electron chi connectivity index (χ0n) is 33.6. The number of benzene rings is 4. The molecule has 2 amide bonds. The number of H-pyrrole nitrogens is 1. The van der Waals surface area contributed by atoms with Crippen LogP contribution in [0, 0.1) is 11.7 Å². The number of carbonyl (C=O) groups is 2. The second kappa shape index (κ2) is 18.0. The number of halogens is 1. The molecule has 6 N–H and O–H groups in total. The van der Waals surface area contributed by atoms with Crippen LogP contribution in [-0.2, 0) is 26.7 Å². The minimum Gasteiger partial charge on any atom is -0.506 e. The summed E-state index contributed by atoms with van der Waals surface area (Å²) >= 11 is 0. The molecule has 61 heavy (non-hydrogen) atoms. The number of fused-ring (bicyclic) bond motifs is 4. The normalized spacial score (nSPS) is 18.1. The highest BCUT2D eigenvalue weighted by Gasteiger charge is 2.43. The van der Waals surface area contributed by atoms with Crippen molar-refractivity contribution in [2.45, 2.75) is 50.7 Å². The lowest BCUT2D eigenvalue weighted by Crippen LogP contribution is -2.59. The maximum atomic E-state index is 15.1. The minimum absolute atomic E-state index is 0.0585. The molecular weight excluding hydrogens is 782 g/mol. The van der Waals surface area contributed by atoms with Gasteiger partial charge in [0.05, 0.1) is 29.4 Å². The number of aromatic nitrogens is 3. The highest BCUT2D eigenvalue weighted by molar-refractivity contribution is 5.92. The van der Waals surface area contributed by atoms with Crippen LogP contribution in [-0.4, -0.2) is 84.1 Å². The van der Waals surface area contributed by atoms with E-state index in [9.17, 15) is 29.7 Å². The molecule has 3 aliphatic rings. The summed E-state index contributed by atoms with van der Waals surface area (Å²) in [6.45, 7) is 3.09. The van der Waals surface area contributed by atoms with Crippen LogP contribution in [0.1, 0.15) is 69.0 Å². The molecule has 2 aromatic heterocycles. The van der Waals surface area contributed by atoms with Gasteiger partial charge in [0.2, 0.25) is 5.56 Å². The average Bonchev–Trinajstić information content (AvgIpc) is 3.65. The molecule has 15 heteroatoms. The van der Waals surface area contributed by atoms with E-state index in [0.717, 1.165) is 43.6 Å². The Balaban J connectivity index is 0.868. The lowest BCUT2D eigenvalue weighted by atomic mass is 9.81. The van der Waals surface area contributed by atoms with Gasteiger partial charge in [0, 0.05) is 50.2 Å². The van der Waals surface area contributed by atoms with E-state index in [1.54, 1.807) is 40.9 Å². The van der Waals surface area contributed by atoms with Gasteiger partial charge in [-0.25, -0.2) is 9.18 Å². The highest BCUT2D eigenvalue weighted by Crippen LogP contribution is 2.39. The van der Waals surface area contributed by atoms with Gasteiger partial charge in [-0.15, -0.1) is 0 Å². The molecular formula is C46H48FN7O7. The number of hydrogen-bond acceptors (Lipinski definition) is 9. The maximum Gasteiger partial charge on any atom is 0.408 e. The van der Waals surface area contributed by atoms with Gasteiger partial charge in [0.25, 0.3) is 5.91 Å². The number of nitrogens with one attached hydrogen (secondary N) is 3. The number of piperidine rings is 3. The fourth-order valence-electron chi connectivity index (χ4n) is 8.65. The fraction of sp³-hybridized carbons (Fsp3) is 0.304. The van der Waals surface area contributed by atoms with E-state index in [1.165, 1.54) is 24.3 Å². The number of pyridine rings is 1. The largest absolute Gasteiger partial charge is 0.506 e. The number of aliphatic hydroxyl groups is 1. The number of carboxylic acid groups (broad SMARTS) is 1. The van der Waals surface area contributed by atoms with Crippen molar-refractivity contribution in [3.63, 3.8) is 0 Å². The SMILES string of the molecule is Cn1nc(C(=O)NCc2ccc(CNCC(O)c3ccc(O)c4[nH]c(=O)ccc34)c(F)c2)cc1COc1cccc([C@H](c2ccccc2)N(C(=O)O)C2CN3CCC2CC3)c1. The number of amides is 2. The predicted octanol–water partition coefficient (Wildman–Crippen LogP) is 5.60. The first-order valence-corrected chi connectivity index (χ1v) is 20.4. The van der Waals surface area contributed by atoms with E-state index in [1.807, 2.05) is 54.6 Å². The van der Waals surface area contributed by atoms with Crippen molar-refractivity contribution in [2.24, 2.45) is 13.0 Å². The van der Waals surface area contributed by atoms with Crippen molar-refractivity contribution in [2.75, 3.05) is 26.2 Å². The van der Waals surface area contributed by atoms with E-state index >= 15 is 4.39 Å². The summed E-state index contributed by atoms with van der Waals surface area (Å²) in [6, 6.07) is 28.7. The van der Waals surface area contributed by atoms with Gasteiger partial charge in [0.15, 0.2) is 5.69 Å². The summed E-state index contributed by atoms with van der Waals surface area (Å²) in [7, 11) is 1.71. The van der Waals surface area contributed by atoms with Crippen molar-refractivity contribution < 1.29 is 34.0 Å². The van der Waals surface area contributed by atoms with E-state index in [0.29, 0.717) is 39.4 Å². The smallest absolute Gasteiger partial charge is 0.408 e. The van der Waals surface area contributed by atoms with Gasteiger partial charge in [-0.1, -0.05) is 60.7 Å². The van der Waals surface area contributed by atoms with Crippen LogP contribution in [0.4, 0.5) is 9.18 Å². The molecule has 316 valence electrons. The third kappa shape index (κ3) is 9.14. The monoisotopic (exact) mass is 829 g/mol. The molecule has 2 unspecified atom stereocenters. The number of aryl methyl sites for hydroxylation is 1. The van der Waals surface area contributed by atoms with Crippen LogP contribution in [0.5, 0.6) is 11.5 Å². The Kier molecular flexibility index (Phi) is 12.1. The Labute approximate surface area is 351 Å². The van der Waals surface area contributed by atoms with Crippen molar-refractivity contribution in [1.82, 2.24) is 35.2 Å². The average molecular weight is 830 g/mol. The Morgan fingerprint density at radius 2 is 1.75 bits per heavy atom. The number of aromatic hydroxyl groups is 1. The number of hydrogen-bond donors (Lipinski definition) is 6. The zero-order chi connectivity index (χ0) is 42.6. The van der Waals surface area contributed by atoms with Gasteiger partial charge >= 0.3 is 6.09 Å². The molecule has 9 rings (SSSR count). The first-order valence-electron chi connectivity index (χ1n) is 20.4. The Morgan fingerprint density at radius 3 is 2.49 bits per heavy atom. The topological polar surface area (TPSA) is 185 Å². The summed E-state index contributed by atoms with van der Waals surface area (Å²) in [5.74, 6) is -0.173. The molecule has 5 heterocycles. The Morgan fingerprint density at radius 1 is 0.967 bits per heavy atom. The molecule has 3 saturated heterocycles. The van der Waals surface area contributed by atoms with Gasteiger partial charge in [-0.05, 0) is 90.5 Å². The van der Waals surface area contributed by atoms with Gasteiger partial charge in [-0.2, -0.15) is 5.10 Å². The molecule has 0 radical (unpaired) electrons. The molecule has 0 saturated carbocycles. The van der Waals surface area contributed by atoms with E-state index in [2.05, 4.69) is 25.6 Å². The maximum absolute atomic E-state index is 15.1. The fourth-order valence-corrected chi connectivity index (χ4v) is 8.65. The number of phenolic OH excluding ortho intramolecular Hbond substituents is 1. The second-order valence-corrected chi connectivity index (χ2v) is 15.8. The van der Waals surface area contributed by atoms with Crippen LogP contribution >= 0.6 is 0 Å². The molecule has 3 aliphatic heterocycles. The third-order valence-corrected chi connectivity index (χ3v) is 11.9. The second-order valence-electron chi connectivity index (χ2n) is 15.8. The summed E-state index contributed by atoms with van der Waals surface area (Å²) in [5, 5.41) is 42.4. The number of aliphatic hydroxyl groups excluding tert-OH is 1. The minimum atomic E-state index is -0.995. The van der Waals surface area contributed by atoms with Crippen molar-refractivity contribution >= 4 is 22.9 Å². The van der Waals surface area contributed by atoms with Crippen LogP contribution in [0.15, 0.2) is 108 Å². The number of carbonyl (C=O) groups excluding carboxylic acids is 1. The summed E-state index contributed by atoms with van der Waals surface area (Å²) < 4.78 is 22.9. The molecule has 0 spiro atoms. The summed E-state index contributed by atoms with van der Waals surface area (Å²) in [4.78, 5) is 44.5. The van der Waals surface area contributed by atoms with Crippen molar-refractivity contribution in [3.05, 3.63) is 159 Å². The zero-order valence-corrected chi connectivity index (χ0v) is 33.6. The van der Waals surface area contributed by atoms with Crippen LogP contribution in [0.25, 0.3) is 10.9 Å². The number of aromatic amines is 1. The van der Waals surface area contributed by atoms with E-state index < -0.39 is 30.0 Å². The summed E-state index contributed by atoms with van der Waals surface area (Å²) in [6.07, 6.45) is 0.0201. The van der Waals surface area contributed by atoms with Gasteiger partial charge in [-0.3, -0.25) is 19.2 Å². The summed E-state index contributed by atoms with van der Waals surface area (Å²) in [5.41, 5.74) is 3.74. The quantitative estimate of drug-likeness (QED) is 0.0762. The number of rotatable bonds is 15. The van der Waals surface area contributed by atoms with Crippen LogP contribution in [0.2, 0.25) is 0 Å². The Hall–Kier alpha value is -6.55. The van der Waals surface area contributed by atoms with Crippen LogP contribution < -0.4 is 20.9 Å². The molecule has 3 atom stereocenters. The lowest BCUT2D eigenvalue weighted by Gasteiger charge is -2.50. The van der Waals surface area contributed by atoms with Gasteiger partial charge in [0.1, 0.15) is 23.9 Å². The van der Waals surface area contributed by atoms with Gasteiger partial charge < -0.3 is 40.6 Å². The Bertz CT molecular complexity index is 2590. The van der Waals surface area contributed by atoms with Crippen LogP contribution in [0.3, 0.4) is 0 Å². The lowest BCUT2D eigenvalue weighted by molar-refractivity contribution is -0.000815. The number of ether oxygens (including phenoxy) is 1. The third-order valence-electron chi connectivity index (χ3n) is 11.9. The van der Waals surface area contributed by atoms with Crippen molar-refractivity contribution in [3.8, 4) is 11.5 Å². The molecule has 6 aromatic rings. The van der Waals surface area contributed by atoms with E-state index in [4.69, 9.17) is 4.74 Å². The standard InChI is InChI=1S/C46H48FN7O7/c1-52-33(27-61-34-9-5-8-31(21-34)44(30-6-3-2-4-7-30)54(46(59)60)39-26-53-18-16-29(39)17-19-53)22-38(51-52)45(58)49-23-28-10-11-32(37(47)20-28)24-48-25-41(56)35-12-14-40(55)43-36(35)13-15-42(57)50-43/h2-15,20-22,29,39,41,44,48,55-56H,16-19,23-27H2,1H3,(H,49,58)(H,50,57)(H,59,60)/t39?,41?,44-/m0/s1. The highest BCUT2D eigenvalue weighted by atomic mass is 19.1. The molecule has 14 nitrogen and oxygen atoms in total. The first kappa shape index (κ1) is 41.2. The molecule has 3 fully saturated rings. The molecule has 2 bridgehead atoms. The first-order chi connectivity index (χ1) is 29.5. The van der Waals surface area contributed by atoms with E-state index in [-0.39, 0.29) is 54.8 Å².